The van der Waals surface area contributed by atoms with Crippen molar-refractivity contribution in [2.24, 2.45) is 7.05 Å². The first-order chi connectivity index (χ1) is 13.2. The van der Waals surface area contributed by atoms with Crippen molar-refractivity contribution in [3.8, 4) is 0 Å². The van der Waals surface area contributed by atoms with Crippen LogP contribution < -0.4 is 5.56 Å². The van der Waals surface area contributed by atoms with Crippen molar-refractivity contribution in [2.45, 2.75) is 23.9 Å². The summed E-state index contributed by atoms with van der Waals surface area (Å²) in [4.78, 5) is 17.3. The Kier molecular flexibility index (Phi) is 4.95. The van der Waals surface area contributed by atoms with Gasteiger partial charge in [-0.3, -0.25) is 13.8 Å². The molecule has 0 unspecified atom stereocenters. The van der Waals surface area contributed by atoms with E-state index in [1.807, 2.05) is 46.5 Å². The largest absolute Gasteiger partial charge is 0.385 e. The van der Waals surface area contributed by atoms with Gasteiger partial charge in [-0.05, 0) is 18.6 Å². The molecule has 0 bridgehead atoms. The number of fused-ring (bicyclic) bond motifs is 3. The fourth-order valence-corrected chi connectivity index (χ4v) is 4.00. The summed E-state index contributed by atoms with van der Waals surface area (Å²) in [5, 5.41) is 10.1. The molecular formula is C18H20N6O2S. The summed E-state index contributed by atoms with van der Waals surface area (Å²) in [6, 6.07) is 7.57. The van der Waals surface area contributed by atoms with E-state index in [-0.39, 0.29) is 5.56 Å². The van der Waals surface area contributed by atoms with Crippen molar-refractivity contribution in [3.05, 3.63) is 52.8 Å². The standard InChI is InChI=1S/C18H20N6O2S/c1-22-10-8-19-15(22)12-27-18-21-20-17-23(9-5-11-26-2)16(25)13-6-3-4-7-14(13)24(17)18/h3-4,6-8,10H,5,9,11-12H2,1-2H3. The van der Waals surface area contributed by atoms with Crippen molar-refractivity contribution < 1.29 is 4.74 Å². The van der Waals surface area contributed by atoms with E-state index in [2.05, 4.69) is 15.2 Å². The highest BCUT2D eigenvalue weighted by atomic mass is 32.2. The number of hydrogen-bond acceptors (Lipinski definition) is 6. The summed E-state index contributed by atoms with van der Waals surface area (Å²) in [5.41, 5.74) is 0.759. The summed E-state index contributed by atoms with van der Waals surface area (Å²) in [7, 11) is 3.62. The highest BCUT2D eigenvalue weighted by Gasteiger charge is 2.17. The Bertz CT molecular complexity index is 1150. The minimum absolute atomic E-state index is 0.0535. The second-order valence-electron chi connectivity index (χ2n) is 6.18. The molecule has 0 aliphatic carbocycles. The zero-order chi connectivity index (χ0) is 18.8. The monoisotopic (exact) mass is 384 g/mol. The van der Waals surface area contributed by atoms with Crippen LogP contribution in [-0.4, -0.2) is 42.4 Å². The molecule has 27 heavy (non-hydrogen) atoms. The molecule has 4 rings (SSSR count). The third kappa shape index (κ3) is 3.24. The lowest BCUT2D eigenvalue weighted by atomic mass is 10.2. The Morgan fingerprint density at radius 3 is 2.85 bits per heavy atom. The van der Waals surface area contributed by atoms with E-state index in [9.17, 15) is 4.79 Å². The number of rotatable bonds is 7. The zero-order valence-corrected chi connectivity index (χ0v) is 16.0. The molecular weight excluding hydrogens is 364 g/mol. The minimum Gasteiger partial charge on any atom is -0.385 e. The average molecular weight is 384 g/mol. The number of thioether (sulfide) groups is 1. The third-order valence-corrected chi connectivity index (χ3v) is 5.38. The quantitative estimate of drug-likeness (QED) is 0.359. The highest BCUT2D eigenvalue weighted by Crippen LogP contribution is 2.24. The number of nitrogens with zero attached hydrogens (tertiary/aromatic N) is 6. The van der Waals surface area contributed by atoms with Crippen LogP contribution >= 0.6 is 11.8 Å². The van der Waals surface area contributed by atoms with E-state index in [0.29, 0.717) is 30.1 Å². The van der Waals surface area contributed by atoms with Gasteiger partial charge < -0.3 is 9.30 Å². The Balaban J connectivity index is 1.82. The van der Waals surface area contributed by atoms with Crippen molar-refractivity contribution in [3.63, 3.8) is 0 Å². The Hall–Kier alpha value is -2.65. The maximum Gasteiger partial charge on any atom is 0.262 e. The summed E-state index contributed by atoms with van der Waals surface area (Å²) in [6.07, 6.45) is 4.42. The minimum atomic E-state index is -0.0535. The molecule has 0 atom stereocenters. The molecule has 1 aromatic carbocycles. The van der Waals surface area contributed by atoms with Crippen LogP contribution in [-0.2, 0) is 24.1 Å². The number of benzene rings is 1. The number of hydrogen-bond donors (Lipinski definition) is 0. The van der Waals surface area contributed by atoms with Crippen molar-refractivity contribution in [1.82, 2.24) is 28.7 Å². The number of aromatic nitrogens is 6. The van der Waals surface area contributed by atoms with Crippen LogP contribution in [0.15, 0.2) is 46.6 Å². The number of para-hydroxylation sites is 1. The van der Waals surface area contributed by atoms with Gasteiger partial charge in [0.2, 0.25) is 5.78 Å². The molecule has 8 nitrogen and oxygen atoms in total. The molecule has 0 amide bonds. The van der Waals surface area contributed by atoms with Gasteiger partial charge in [0.15, 0.2) is 5.16 Å². The van der Waals surface area contributed by atoms with Crippen LogP contribution in [0.2, 0.25) is 0 Å². The summed E-state index contributed by atoms with van der Waals surface area (Å²) in [6.45, 7) is 1.11. The molecule has 0 aliphatic heterocycles. The van der Waals surface area contributed by atoms with Gasteiger partial charge in [0.1, 0.15) is 5.82 Å². The second-order valence-corrected chi connectivity index (χ2v) is 7.12. The lowest BCUT2D eigenvalue weighted by molar-refractivity contribution is 0.190. The van der Waals surface area contributed by atoms with Gasteiger partial charge in [0, 0.05) is 39.7 Å². The Morgan fingerprint density at radius 1 is 1.22 bits per heavy atom. The van der Waals surface area contributed by atoms with E-state index in [4.69, 9.17) is 4.74 Å². The Morgan fingerprint density at radius 2 is 2.07 bits per heavy atom. The van der Waals surface area contributed by atoms with Crippen molar-refractivity contribution >= 4 is 28.4 Å². The lowest BCUT2D eigenvalue weighted by Gasteiger charge is -2.11. The van der Waals surface area contributed by atoms with E-state index in [1.54, 1.807) is 29.6 Å². The second kappa shape index (κ2) is 7.53. The topological polar surface area (TPSA) is 79.2 Å². The molecule has 140 valence electrons. The van der Waals surface area contributed by atoms with Gasteiger partial charge in [0.05, 0.1) is 16.7 Å². The van der Waals surface area contributed by atoms with E-state index in [1.165, 1.54) is 0 Å². The first-order valence-corrected chi connectivity index (χ1v) is 9.64. The molecule has 3 heterocycles. The van der Waals surface area contributed by atoms with Gasteiger partial charge in [-0.25, -0.2) is 4.98 Å². The first-order valence-electron chi connectivity index (χ1n) is 8.65. The van der Waals surface area contributed by atoms with Crippen LogP contribution in [0.5, 0.6) is 0 Å². The first kappa shape index (κ1) is 17.7. The molecule has 9 heteroatoms. The van der Waals surface area contributed by atoms with Crippen LogP contribution in [0.3, 0.4) is 0 Å². The van der Waals surface area contributed by atoms with Crippen LogP contribution in [0.25, 0.3) is 16.7 Å². The van der Waals surface area contributed by atoms with Crippen molar-refractivity contribution in [2.75, 3.05) is 13.7 Å². The molecule has 3 aromatic heterocycles. The van der Waals surface area contributed by atoms with Gasteiger partial charge in [-0.1, -0.05) is 23.9 Å². The number of methoxy groups -OCH3 is 1. The third-order valence-electron chi connectivity index (χ3n) is 4.46. The number of aryl methyl sites for hydroxylation is 2. The van der Waals surface area contributed by atoms with E-state index >= 15 is 0 Å². The zero-order valence-electron chi connectivity index (χ0n) is 15.2. The normalized spacial score (nSPS) is 11.6. The summed E-state index contributed by atoms with van der Waals surface area (Å²) < 4.78 is 10.7. The van der Waals surface area contributed by atoms with Gasteiger partial charge >= 0.3 is 0 Å². The molecule has 0 saturated carbocycles. The maximum absolute atomic E-state index is 13.0. The fraction of sp³-hybridized carbons (Fsp3) is 0.333. The highest BCUT2D eigenvalue weighted by molar-refractivity contribution is 7.98. The predicted molar refractivity (Wildman–Crippen MR) is 104 cm³/mol. The molecule has 0 saturated heterocycles. The molecule has 0 spiro atoms. The van der Waals surface area contributed by atoms with Gasteiger partial charge in [-0.2, -0.15) is 0 Å². The molecule has 0 radical (unpaired) electrons. The van der Waals surface area contributed by atoms with Gasteiger partial charge in [0.25, 0.3) is 5.56 Å². The predicted octanol–water partition coefficient (Wildman–Crippen LogP) is 2.11. The average Bonchev–Trinajstić information content (AvgIpc) is 3.29. The molecule has 4 aromatic rings. The van der Waals surface area contributed by atoms with E-state index < -0.39 is 0 Å². The molecule has 0 fully saturated rings. The van der Waals surface area contributed by atoms with Crippen molar-refractivity contribution in [1.29, 1.82) is 0 Å². The van der Waals surface area contributed by atoms with E-state index in [0.717, 1.165) is 22.9 Å². The van der Waals surface area contributed by atoms with Gasteiger partial charge in [-0.15, -0.1) is 10.2 Å². The molecule has 0 N–H and O–H groups in total. The van der Waals surface area contributed by atoms with Crippen LogP contribution in [0.1, 0.15) is 12.2 Å². The number of ether oxygens (including phenoxy) is 1. The molecule has 0 aliphatic rings. The van der Waals surface area contributed by atoms with Crippen LogP contribution in [0, 0.1) is 0 Å². The Labute approximate surface area is 159 Å². The number of imidazole rings is 1. The summed E-state index contributed by atoms with van der Waals surface area (Å²) >= 11 is 1.55. The lowest BCUT2D eigenvalue weighted by Crippen LogP contribution is -2.24. The maximum atomic E-state index is 13.0. The van der Waals surface area contributed by atoms with Crippen LogP contribution in [0.4, 0.5) is 0 Å². The summed E-state index contributed by atoms with van der Waals surface area (Å²) in [5.74, 6) is 2.17. The smallest absolute Gasteiger partial charge is 0.262 e. The fourth-order valence-electron chi connectivity index (χ4n) is 3.06. The SMILES string of the molecule is COCCCn1c(=O)c2ccccc2n2c(SCc3nccn3C)nnc12.